The molecule has 0 saturated carbocycles. The molecule has 3 rings (SSSR count). The molecule has 0 unspecified atom stereocenters. The number of pyridine rings is 1. The third-order valence-corrected chi connectivity index (χ3v) is 4.83. The van der Waals surface area contributed by atoms with Crippen molar-refractivity contribution in [2.45, 2.75) is 25.9 Å². The zero-order chi connectivity index (χ0) is 18.5. The Kier molecular flexibility index (Phi) is 5.96. The SMILES string of the molecule is Cc1ccc([C@@H](C(=O)O)N2CCCN(Cc3ccncc3)CC2)c(F)c1. The topological polar surface area (TPSA) is 56.7 Å². The summed E-state index contributed by atoms with van der Waals surface area (Å²) >= 11 is 0. The van der Waals surface area contributed by atoms with Gasteiger partial charge in [0.15, 0.2) is 0 Å². The number of carboxylic acid groups (broad SMARTS) is 1. The van der Waals surface area contributed by atoms with Gasteiger partial charge in [-0.15, -0.1) is 0 Å². The number of aromatic nitrogens is 1. The number of hydrogen-bond acceptors (Lipinski definition) is 4. The molecule has 26 heavy (non-hydrogen) atoms. The maximum Gasteiger partial charge on any atom is 0.325 e. The molecule has 0 spiro atoms. The van der Waals surface area contributed by atoms with Crippen LogP contribution >= 0.6 is 0 Å². The zero-order valence-corrected chi connectivity index (χ0v) is 14.9. The molecule has 1 N–H and O–H groups in total. The number of benzene rings is 1. The van der Waals surface area contributed by atoms with E-state index >= 15 is 0 Å². The highest BCUT2D eigenvalue weighted by Crippen LogP contribution is 2.26. The maximum atomic E-state index is 14.4. The molecule has 1 atom stereocenters. The van der Waals surface area contributed by atoms with E-state index in [1.807, 2.05) is 17.0 Å². The summed E-state index contributed by atoms with van der Waals surface area (Å²) in [4.78, 5) is 20.1. The second-order valence-corrected chi connectivity index (χ2v) is 6.79. The molecule has 138 valence electrons. The molecule has 2 aromatic rings. The number of carbonyl (C=O) groups is 1. The minimum absolute atomic E-state index is 0.241. The van der Waals surface area contributed by atoms with E-state index in [4.69, 9.17) is 0 Å². The van der Waals surface area contributed by atoms with Gasteiger partial charge in [-0.25, -0.2) is 4.39 Å². The van der Waals surface area contributed by atoms with Crippen molar-refractivity contribution in [1.82, 2.24) is 14.8 Å². The Labute approximate surface area is 153 Å². The predicted octanol–water partition coefficient (Wildman–Crippen LogP) is 2.86. The molecule has 0 aliphatic carbocycles. The monoisotopic (exact) mass is 357 g/mol. The molecule has 0 radical (unpaired) electrons. The van der Waals surface area contributed by atoms with Crippen molar-refractivity contribution in [2.24, 2.45) is 0 Å². The highest BCUT2D eigenvalue weighted by Gasteiger charge is 2.31. The first kappa shape index (κ1) is 18.5. The summed E-state index contributed by atoms with van der Waals surface area (Å²) in [6.45, 7) is 5.48. The molecule has 0 amide bonds. The van der Waals surface area contributed by atoms with Crippen LogP contribution in [0, 0.1) is 12.7 Å². The standard InChI is InChI=1S/C20H24FN3O2/c1-15-3-4-17(18(21)13-15)19(20(25)26)24-10-2-9-23(11-12-24)14-16-5-7-22-8-6-16/h3-8,13,19H,2,9-12,14H2,1H3,(H,25,26)/t19-/m0/s1. The first-order valence-corrected chi connectivity index (χ1v) is 8.89. The van der Waals surface area contributed by atoms with Crippen LogP contribution in [0.2, 0.25) is 0 Å². The Hall–Kier alpha value is -2.31. The summed E-state index contributed by atoms with van der Waals surface area (Å²) in [5, 5.41) is 9.74. The fraction of sp³-hybridized carbons (Fsp3) is 0.400. The minimum Gasteiger partial charge on any atom is -0.480 e. The van der Waals surface area contributed by atoms with Crippen LogP contribution in [0.4, 0.5) is 4.39 Å². The smallest absolute Gasteiger partial charge is 0.325 e. The fourth-order valence-electron chi connectivity index (χ4n) is 3.49. The fourth-order valence-corrected chi connectivity index (χ4v) is 3.49. The molecule has 5 nitrogen and oxygen atoms in total. The van der Waals surface area contributed by atoms with Crippen LogP contribution in [-0.2, 0) is 11.3 Å². The van der Waals surface area contributed by atoms with E-state index in [2.05, 4.69) is 9.88 Å². The van der Waals surface area contributed by atoms with E-state index in [-0.39, 0.29) is 5.56 Å². The number of carboxylic acids is 1. The van der Waals surface area contributed by atoms with Gasteiger partial charge in [0, 0.05) is 44.1 Å². The van der Waals surface area contributed by atoms with E-state index < -0.39 is 17.8 Å². The number of halogens is 1. The third-order valence-electron chi connectivity index (χ3n) is 4.83. The van der Waals surface area contributed by atoms with E-state index in [0.29, 0.717) is 13.1 Å². The van der Waals surface area contributed by atoms with Crippen molar-refractivity contribution < 1.29 is 14.3 Å². The second-order valence-electron chi connectivity index (χ2n) is 6.79. The van der Waals surface area contributed by atoms with Gasteiger partial charge in [0.05, 0.1) is 0 Å². The van der Waals surface area contributed by atoms with Crippen molar-refractivity contribution in [2.75, 3.05) is 26.2 Å². The molecule has 1 aliphatic rings. The maximum absolute atomic E-state index is 14.4. The first-order chi connectivity index (χ1) is 12.5. The number of hydrogen-bond donors (Lipinski definition) is 1. The first-order valence-electron chi connectivity index (χ1n) is 8.89. The van der Waals surface area contributed by atoms with Gasteiger partial charge in [-0.2, -0.15) is 0 Å². The number of aliphatic carboxylic acids is 1. The molecular weight excluding hydrogens is 333 g/mol. The number of rotatable bonds is 5. The summed E-state index contributed by atoms with van der Waals surface area (Å²) < 4.78 is 14.4. The lowest BCUT2D eigenvalue weighted by molar-refractivity contribution is -0.143. The van der Waals surface area contributed by atoms with Crippen LogP contribution in [0.15, 0.2) is 42.7 Å². The lowest BCUT2D eigenvalue weighted by atomic mass is 10.0. The molecule has 1 saturated heterocycles. The average Bonchev–Trinajstić information content (AvgIpc) is 2.83. The molecule has 0 bridgehead atoms. The van der Waals surface area contributed by atoms with Crippen molar-refractivity contribution in [3.8, 4) is 0 Å². The third kappa shape index (κ3) is 4.45. The van der Waals surface area contributed by atoms with E-state index in [1.54, 1.807) is 31.5 Å². The summed E-state index contributed by atoms with van der Waals surface area (Å²) in [5.74, 6) is -1.45. The highest BCUT2D eigenvalue weighted by molar-refractivity contribution is 5.75. The Bertz CT molecular complexity index is 754. The van der Waals surface area contributed by atoms with Gasteiger partial charge in [0.25, 0.3) is 0 Å². The Morgan fingerprint density at radius 3 is 2.65 bits per heavy atom. The van der Waals surface area contributed by atoms with Crippen molar-refractivity contribution in [3.05, 3.63) is 65.2 Å². The van der Waals surface area contributed by atoms with Gasteiger partial charge in [-0.1, -0.05) is 12.1 Å². The van der Waals surface area contributed by atoms with E-state index in [9.17, 15) is 14.3 Å². The van der Waals surface area contributed by atoms with Gasteiger partial charge < -0.3 is 5.11 Å². The Balaban J connectivity index is 1.72. The van der Waals surface area contributed by atoms with E-state index in [1.165, 1.54) is 11.6 Å². The average molecular weight is 357 g/mol. The molecule has 2 heterocycles. The molecule has 1 aliphatic heterocycles. The Morgan fingerprint density at radius 2 is 1.96 bits per heavy atom. The van der Waals surface area contributed by atoms with Crippen LogP contribution in [0.25, 0.3) is 0 Å². The van der Waals surface area contributed by atoms with Gasteiger partial charge in [-0.3, -0.25) is 19.6 Å². The summed E-state index contributed by atoms with van der Waals surface area (Å²) in [6.07, 6.45) is 4.41. The van der Waals surface area contributed by atoms with Gasteiger partial charge in [0.1, 0.15) is 11.9 Å². The molecule has 6 heteroatoms. The van der Waals surface area contributed by atoms with Crippen molar-refractivity contribution >= 4 is 5.97 Å². The van der Waals surface area contributed by atoms with Gasteiger partial charge in [0.2, 0.25) is 0 Å². The van der Waals surface area contributed by atoms with E-state index in [0.717, 1.165) is 31.6 Å². The number of nitrogens with zero attached hydrogens (tertiary/aromatic N) is 3. The largest absolute Gasteiger partial charge is 0.480 e. The quantitative estimate of drug-likeness (QED) is 0.892. The van der Waals surface area contributed by atoms with Crippen molar-refractivity contribution in [3.63, 3.8) is 0 Å². The zero-order valence-electron chi connectivity index (χ0n) is 14.9. The molecule has 1 aromatic carbocycles. The normalized spacial score (nSPS) is 17.6. The summed E-state index contributed by atoms with van der Waals surface area (Å²) in [6, 6.07) is 7.80. The summed E-state index contributed by atoms with van der Waals surface area (Å²) in [7, 11) is 0. The Morgan fingerprint density at radius 1 is 1.19 bits per heavy atom. The molecular formula is C20H24FN3O2. The lowest BCUT2D eigenvalue weighted by Gasteiger charge is -2.28. The van der Waals surface area contributed by atoms with Crippen LogP contribution in [0.3, 0.4) is 0 Å². The van der Waals surface area contributed by atoms with Crippen LogP contribution in [-0.4, -0.2) is 52.0 Å². The number of aryl methyl sites for hydroxylation is 1. The van der Waals surface area contributed by atoms with Gasteiger partial charge in [-0.05, 0) is 49.2 Å². The predicted molar refractivity (Wildman–Crippen MR) is 97.2 cm³/mol. The molecule has 1 fully saturated rings. The van der Waals surface area contributed by atoms with Crippen LogP contribution in [0.1, 0.15) is 29.2 Å². The molecule has 1 aromatic heterocycles. The van der Waals surface area contributed by atoms with Crippen molar-refractivity contribution in [1.29, 1.82) is 0 Å². The minimum atomic E-state index is -1.00. The summed E-state index contributed by atoms with van der Waals surface area (Å²) in [5.41, 5.74) is 2.22. The van der Waals surface area contributed by atoms with Crippen LogP contribution in [0.5, 0.6) is 0 Å². The van der Waals surface area contributed by atoms with Gasteiger partial charge >= 0.3 is 5.97 Å². The second kappa shape index (κ2) is 8.38. The highest BCUT2D eigenvalue weighted by atomic mass is 19.1. The lowest BCUT2D eigenvalue weighted by Crippen LogP contribution is -2.37. The van der Waals surface area contributed by atoms with Crippen LogP contribution < -0.4 is 0 Å².